The molecule has 3 heteroatoms. The first kappa shape index (κ1) is 12.9. The molecule has 0 aromatic rings. The molecule has 0 radical (unpaired) electrons. The van der Waals surface area contributed by atoms with E-state index in [1.807, 2.05) is 0 Å². The summed E-state index contributed by atoms with van der Waals surface area (Å²) in [4.78, 5) is 4.53. The minimum Gasteiger partial charge on any atom is -0.293 e. The number of hydrogen-bond acceptors (Lipinski definition) is 2. The highest BCUT2D eigenvalue weighted by molar-refractivity contribution is 6.17. The molecule has 0 N–H and O–H groups in total. The first-order valence-electron chi connectivity index (χ1n) is 4.79. The van der Waals surface area contributed by atoms with E-state index in [1.54, 1.807) is 0 Å². The van der Waals surface area contributed by atoms with Gasteiger partial charge in [-0.25, -0.2) is 0 Å². The maximum Gasteiger partial charge on any atom is 0.0700 e. The van der Waals surface area contributed by atoms with Crippen molar-refractivity contribution in [3.8, 4) is 0 Å². The van der Waals surface area contributed by atoms with Gasteiger partial charge >= 0.3 is 0 Å². The van der Waals surface area contributed by atoms with Gasteiger partial charge in [-0.1, -0.05) is 19.9 Å². The average Bonchev–Trinajstić information content (AvgIpc) is 1.82. The van der Waals surface area contributed by atoms with E-state index in [2.05, 4.69) is 63.6 Å². The lowest BCUT2D eigenvalue weighted by Crippen LogP contribution is -2.49. The highest BCUT2D eigenvalue weighted by atomic mass is 28.1. The Hall–Kier alpha value is -0.123. The summed E-state index contributed by atoms with van der Waals surface area (Å²) in [6.45, 7) is 4.57. The predicted octanol–water partition coefficient (Wildman–Crippen LogP) is 0.341. The summed E-state index contributed by atoms with van der Waals surface area (Å²) in [5.41, 5.74) is 2.48. The smallest absolute Gasteiger partial charge is 0.0700 e. The first-order chi connectivity index (χ1) is 5.83. The predicted molar refractivity (Wildman–Crippen MR) is 64.0 cm³/mol. The van der Waals surface area contributed by atoms with Gasteiger partial charge in [0.25, 0.3) is 0 Å². The number of hydrogen-bond donors (Lipinski definition) is 0. The molecule has 0 aliphatic rings. The van der Waals surface area contributed by atoms with Crippen LogP contribution >= 0.6 is 0 Å². The second-order valence-corrected chi connectivity index (χ2v) is 5.29. The molecule has 0 bridgehead atoms. The minimum absolute atomic E-state index is 0.217. The summed E-state index contributed by atoms with van der Waals surface area (Å²) in [7, 11) is 9.67. The van der Waals surface area contributed by atoms with E-state index in [0.29, 0.717) is 6.17 Å². The van der Waals surface area contributed by atoms with E-state index >= 15 is 0 Å². The SMILES string of the molecule is CN(C)C(N(C)C)C(C)(C)C=C[SiH3]. The maximum atomic E-state index is 2.32. The molecule has 0 amide bonds. The maximum absolute atomic E-state index is 2.32. The quantitative estimate of drug-likeness (QED) is 0.477. The van der Waals surface area contributed by atoms with Crippen molar-refractivity contribution in [3.63, 3.8) is 0 Å². The van der Waals surface area contributed by atoms with Crippen LogP contribution < -0.4 is 0 Å². The van der Waals surface area contributed by atoms with Gasteiger partial charge in [-0.05, 0) is 28.2 Å². The molecule has 0 saturated heterocycles. The van der Waals surface area contributed by atoms with Crippen molar-refractivity contribution in [2.24, 2.45) is 5.41 Å². The Labute approximate surface area is 86.0 Å². The summed E-state index contributed by atoms with van der Waals surface area (Å²) in [6.07, 6.45) is 2.78. The highest BCUT2D eigenvalue weighted by Crippen LogP contribution is 2.26. The summed E-state index contributed by atoms with van der Waals surface area (Å²) in [5, 5.41) is 0. The van der Waals surface area contributed by atoms with Gasteiger partial charge in [0.1, 0.15) is 0 Å². The summed E-state index contributed by atoms with van der Waals surface area (Å²) < 4.78 is 0. The lowest BCUT2D eigenvalue weighted by Gasteiger charge is -2.41. The molecule has 0 unspecified atom stereocenters. The van der Waals surface area contributed by atoms with Crippen molar-refractivity contribution in [2.75, 3.05) is 28.2 Å². The van der Waals surface area contributed by atoms with E-state index in [-0.39, 0.29) is 5.41 Å². The Morgan fingerprint density at radius 3 is 1.69 bits per heavy atom. The van der Waals surface area contributed by atoms with Gasteiger partial charge in [0.15, 0.2) is 0 Å². The van der Waals surface area contributed by atoms with Crippen molar-refractivity contribution in [3.05, 3.63) is 11.8 Å². The van der Waals surface area contributed by atoms with Crippen LogP contribution in [0.4, 0.5) is 0 Å². The molecule has 0 aliphatic heterocycles. The molecule has 0 aliphatic carbocycles. The Kier molecular flexibility index (Phi) is 4.89. The zero-order valence-electron chi connectivity index (χ0n) is 10.1. The summed E-state index contributed by atoms with van der Waals surface area (Å²) >= 11 is 0. The Bertz CT molecular complexity index is 166. The molecule has 0 fully saturated rings. The van der Waals surface area contributed by atoms with Gasteiger partial charge in [-0.3, -0.25) is 9.80 Å². The van der Waals surface area contributed by atoms with Crippen molar-refractivity contribution in [1.82, 2.24) is 9.80 Å². The van der Waals surface area contributed by atoms with Crippen LogP contribution in [0.3, 0.4) is 0 Å². The van der Waals surface area contributed by atoms with Crippen LogP contribution in [0.25, 0.3) is 0 Å². The standard InChI is InChI=1S/C10H24N2Si/c1-10(2,7-8-13)9(11(3)4)12(5)6/h7-9H,1-6,13H3. The largest absolute Gasteiger partial charge is 0.293 e. The molecule has 0 spiro atoms. The second-order valence-electron chi connectivity index (χ2n) is 4.62. The molecule has 0 heterocycles. The van der Waals surface area contributed by atoms with Crippen LogP contribution in [-0.2, 0) is 0 Å². The minimum atomic E-state index is 0.217. The van der Waals surface area contributed by atoms with Crippen LogP contribution in [0.5, 0.6) is 0 Å². The van der Waals surface area contributed by atoms with Gasteiger partial charge < -0.3 is 0 Å². The van der Waals surface area contributed by atoms with Crippen LogP contribution in [0.15, 0.2) is 11.8 Å². The molecular weight excluding hydrogens is 176 g/mol. The third-order valence-electron chi connectivity index (χ3n) is 2.24. The first-order valence-corrected chi connectivity index (χ1v) is 5.95. The van der Waals surface area contributed by atoms with Crippen LogP contribution in [0, 0.1) is 5.41 Å². The topological polar surface area (TPSA) is 6.48 Å². The molecule has 0 rings (SSSR count). The van der Waals surface area contributed by atoms with Crippen LogP contribution in [0.1, 0.15) is 13.8 Å². The summed E-state index contributed by atoms with van der Waals surface area (Å²) in [5.74, 6) is 0. The van der Waals surface area contributed by atoms with Crippen LogP contribution in [0.2, 0.25) is 0 Å². The molecule has 0 aromatic heterocycles. The molecule has 0 atom stereocenters. The fourth-order valence-corrected chi connectivity index (χ4v) is 3.17. The third-order valence-corrected chi connectivity index (χ3v) is 2.57. The van der Waals surface area contributed by atoms with Gasteiger partial charge in [0, 0.05) is 15.7 Å². The van der Waals surface area contributed by atoms with Crippen LogP contribution in [-0.4, -0.2) is 54.4 Å². The molecular formula is C10H24N2Si. The van der Waals surface area contributed by atoms with E-state index < -0.39 is 0 Å². The van der Waals surface area contributed by atoms with Gasteiger partial charge in [-0.2, -0.15) is 0 Å². The lowest BCUT2D eigenvalue weighted by molar-refractivity contribution is 0.0476. The fraction of sp³-hybridized carbons (Fsp3) is 0.800. The molecule has 0 aromatic carbocycles. The average molecular weight is 200 g/mol. The van der Waals surface area contributed by atoms with Crippen molar-refractivity contribution < 1.29 is 0 Å². The molecule has 0 saturated carbocycles. The molecule has 13 heavy (non-hydrogen) atoms. The van der Waals surface area contributed by atoms with Gasteiger partial charge in [0.05, 0.1) is 6.17 Å². The van der Waals surface area contributed by atoms with Crippen molar-refractivity contribution in [2.45, 2.75) is 20.0 Å². The summed E-state index contributed by atoms with van der Waals surface area (Å²) in [6, 6.07) is 0. The molecule has 78 valence electrons. The van der Waals surface area contributed by atoms with E-state index in [9.17, 15) is 0 Å². The monoisotopic (exact) mass is 200 g/mol. The number of rotatable bonds is 4. The second kappa shape index (κ2) is 4.93. The van der Waals surface area contributed by atoms with E-state index in [4.69, 9.17) is 0 Å². The highest BCUT2D eigenvalue weighted by Gasteiger charge is 2.29. The van der Waals surface area contributed by atoms with E-state index in [1.165, 1.54) is 0 Å². The van der Waals surface area contributed by atoms with Gasteiger partial charge in [-0.15, -0.1) is 5.70 Å². The van der Waals surface area contributed by atoms with E-state index in [0.717, 1.165) is 10.2 Å². The lowest BCUT2D eigenvalue weighted by atomic mass is 9.88. The van der Waals surface area contributed by atoms with Crippen molar-refractivity contribution in [1.29, 1.82) is 0 Å². The third kappa shape index (κ3) is 3.63. The van der Waals surface area contributed by atoms with Gasteiger partial charge in [0.2, 0.25) is 0 Å². The molecule has 2 nitrogen and oxygen atoms in total. The zero-order chi connectivity index (χ0) is 10.6. The Morgan fingerprint density at radius 1 is 1.08 bits per heavy atom. The Morgan fingerprint density at radius 2 is 1.46 bits per heavy atom. The van der Waals surface area contributed by atoms with Crippen molar-refractivity contribution >= 4 is 10.2 Å². The zero-order valence-corrected chi connectivity index (χ0v) is 12.1. The number of nitrogens with zero attached hydrogens (tertiary/aromatic N) is 2. The Balaban J connectivity index is 4.72. The normalized spacial score (nSPS) is 14.2. The fourth-order valence-electron chi connectivity index (χ4n) is 2.31.